The van der Waals surface area contributed by atoms with Crippen molar-refractivity contribution in [2.24, 2.45) is 0 Å². The van der Waals surface area contributed by atoms with Crippen LogP contribution in [0, 0.1) is 11.8 Å². The molecule has 1 fully saturated rings. The Kier molecular flexibility index (Phi) is 7.21. The highest BCUT2D eigenvalue weighted by molar-refractivity contribution is 6.05. The molecule has 9 heteroatoms. The van der Waals surface area contributed by atoms with Gasteiger partial charge in [0.15, 0.2) is 0 Å². The Morgan fingerprint density at radius 2 is 1.94 bits per heavy atom. The van der Waals surface area contributed by atoms with E-state index in [-0.39, 0.29) is 24.1 Å². The lowest BCUT2D eigenvalue weighted by Gasteiger charge is -2.29. The molecule has 4 rings (SSSR count). The monoisotopic (exact) mass is 472 g/mol. The van der Waals surface area contributed by atoms with E-state index in [1.54, 1.807) is 30.3 Å². The number of imide groups is 1. The predicted molar refractivity (Wildman–Crippen MR) is 127 cm³/mol. The first kappa shape index (κ1) is 23.7. The zero-order valence-electron chi connectivity index (χ0n) is 18.9. The maximum atomic E-state index is 12.9. The Hall–Kier alpha value is -4.45. The molecular formula is C26H24N4O5. The van der Waals surface area contributed by atoms with Crippen LogP contribution in [-0.4, -0.2) is 47.5 Å². The fourth-order valence-electron chi connectivity index (χ4n) is 4.06. The van der Waals surface area contributed by atoms with E-state index in [0.29, 0.717) is 61.1 Å². The van der Waals surface area contributed by atoms with E-state index < -0.39 is 11.9 Å². The maximum Gasteiger partial charge on any atom is 0.255 e. The van der Waals surface area contributed by atoms with Crippen molar-refractivity contribution in [1.82, 2.24) is 15.5 Å². The lowest BCUT2D eigenvalue weighted by Crippen LogP contribution is -2.52. The van der Waals surface area contributed by atoms with Gasteiger partial charge in [0.25, 0.3) is 11.8 Å². The van der Waals surface area contributed by atoms with Crippen LogP contribution in [0.4, 0.5) is 5.69 Å². The minimum absolute atomic E-state index is 0.201. The maximum absolute atomic E-state index is 12.9. The Morgan fingerprint density at radius 1 is 1.14 bits per heavy atom. The highest BCUT2D eigenvalue weighted by atomic mass is 16.2. The van der Waals surface area contributed by atoms with Gasteiger partial charge in [-0.05, 0) is 54.8 Å². The second-order valence-corrected chi connectivity index (χ2v) is 8.27. The highest BCUT2D eigenvalue weighted by Crippen LogP contribution is 2.28. The number of nitrogens with zero attached hydrogens (tertiary/aromatic N) is 1. The van der Waals surface area contributed by atoms with E-state index in [4.69, 9.17) is 0 Å². The quantitative estimate of drug-likeness (QED) is 0.244. The number of amides is 5. The summed E-state index contributed by atoms with van der Waals surface area (Å²) in [6, 6.07) is 11.4. The van der Waals surface area contributed by atoms with Crippen LogP contribution in [0.15, 0.2) is 42.5 Å². The molecule has 9 nitrogen and oxygen atoms in total. The predicted octanol–water partition coefficient (Wildman–Crippen LogP) is 1.58. The molecule has 5 amide bonds. The van der Waals surface area contributed by atoms with Gasteiger partial charge in [-0.25, -0.2) is 0 Å². The first-order valence-electron chi connectivity index (χ1n) is 11.3. The third-order valence-corrected chi connectivity index (χ3v) is 5.90. The van der Waals surface area contributed by atoms with Crippen molar-refractivity contribution < 1.29 is 24.0 Å². The van der Waals surface area contributed by atoms with Crippen LogP contribution >= 0.6 is 0 Å². The van der Waals surface area contributed by atoms with E-state index >= 15 is 0 Å². The van der Waals surface area contributed by atoms with Gasteiger partial charge in [-0.3, -0.25) is 29.3 Å². The number of carbonyl (C=O) groups excluding carboxylic acids is 5. The Morgan fingerprint density at radius 3 is 2.69 bits per heavy atom. The van der Waals surface area contributed by atoms with E-state index in [2.05, 4.69) is 27.8 Å². The number of hydrogen-bond donors (Lipinski definition) is 3. The minimum Gasteiger partial charge on any atom is -0.352 e. The number of fused-ring (bicyclic) bond motifs is 1. The van der Waals surface area contributed by atoms with Gasteiger partial charge < -0.3 is 15.5 Å². The number of hydrogen-bond acceptors (Lipinski definition) is 5. The van der Waals surface area contributed by atoms with Crippen LogP contribution in [0.5, 0.6) is 0 Å². The van der Waals surface area contributed by atoms with Crippen molar-refractivity contribution in [2.75, 3.05) is 11.9 Å². The van der Waals surface area contributed by atoms with Gasteiger partial charge in [-0.1, -0.05) is 17.9 Å². The van der Waals surface area contributed by atoms with Crippen molar-refractivity contribution in [1.29, 1.82) is 0 Å². The minimum atomic E-state index is -0.636. The molecule has 1 unspecified atom stereocenters. The van der Waals surface area contributed by atoms with E-state index in [0.717, 1.165) is 5.56 Å². The number of anilines is 1. The molecular weight excluding hydrogens is 448 g/mol. The van der Waals surface area contributed by atoms with Crippen LogP contribution < -0.4 is 16.0 Å². The fraction of sp³-hybridized carbons (Fsp3) is 0.269. The van der Waals surface area contributed by atoms with Gasteiger partial charge in [0, 0.05) is 48.3 Å². The largest absolute Gasteiger partial charge is 0.352 e. The molecule has 1 atom stereocenters. The molecule has 1 saturated heterocycles. The number of benzene rings is 2. The van der Waals surface area contributed by atoms with Gasteiger partial charge in [0.2, 0.25) is 18.2 Å². The number of carbonyl (C=O) groups is 5. The summed E-state index contributed by atoms with van der Waals surface area (Å²) < 4.78 is 0. The van der Waals surface area contributed by atoms with Crippen molar-refractivity contribution in [3.63, 3.8) is 0 Å². The summed E-state index contributed by atoms with van der Waals surface area (Å²) in [6.07, 6.45) is 2.36. The molecule has 0 bridgehead atoms. The molecule has 2 aromatic carbocycles. The molecule has 2 heterocycles. The SMILES string of the molecule is O=CNc1ccc(C(=O)NCCCC#Cc2ccc3c(c2)C(=O)N(C2CCC(=O)NC2=O)C3)cc1. The molecule has 0 aliphatic carbocycles. The third-order valence-electron chi connectivity index (χ3n) is 5.90. The van der Waals surface area contributed by atoms with Crippen molar-refractivity contribution >= 4 is 35.7 Å². The lowest BCUT2D eigenvalue weighted by molar-refractivity contribution is -0.136. The second kappa shape index (κ2) is 10.7. The number of unbranched alkanes of at least 4 members (excludes halogenated alkanes) is 1. The topological polar surface area (TPSA) is 125 Å². The van der Waals surface area contributed by atoms with Gasteiger partial charge in [-0.15, -0.1) is 0 Å². The van der Waals surface area contributed by atoms with Crippen LogP contribution in [0.1, 0.15) is 57.5 Å². The summed E-state index contributed by atoms with van der Waals surface area (Å²) in [4.78, 5) is 60.5. The number of piperidine rings is 1. The van der Waals surface area contributed by atoms with Gasteiger partial charge in [0.1, 0.15) is 6.04 Å². The van der Waals surface area contributed by atoms with E-state index in [1.165, 1.54) is 4.90 Å². The van der Waals surface area contributed by atoms with Crippen molar-refractivity contribution in [3.05, 3.63) is 64.7 Å². The summed E-state index contributed by atoms with van der Waals surface area (Å²) in [5, 5.41) is 7.64. The van der Waals surface area contributed by atoms with Crippen LogP contribution in [0.2, 0.25) is 0 Å². The number of nitrogens with one attached hydrogen (secondary N) is 3. The smallest absolute Gasteiger partial charge is 0.255 e. The molecule has 0 saturated carbocycles. The summed E-state index contributed by atoms with van der Waals surface area (Å²) in [6.45, 7) is 0.801. The molecule has 178 valence electrons. The molecule has 3 N–H and O–H groups in total. The standard InChI is InChI=1S/C26H24N4O5/c31-16-28-20-9-7-18(8-10-20)24(33)27-13-3-1-2-4-17-5-6-19-15-30(26(35)21(19)14-17)22-11-12-23(32)29-25(22)34/h5-10,14,16,22H,1,3,11-13,15H2,(H,27,33)(H,28,31)(H,29,32,34). The average molecular weight is 473 g/mol. The Bertz CT molecular complexity index is 1240. The first-order chi connectivity index (χ1) is 17.0. The molecule has 2 aliphatic rings. The van der Waals surface area contributed by atoms with E-state index in [1.807, 2.05) is 12.1 Å². The summed E-state index contributed by atoms with van der Waals surface area (Å²) in [5.74, 6) is 4.94. The second-order valence-electron chi connectivity index (χ2n) is 8.27. The zero-order valence-corrected chi connectivity index (χ0v) is 18.9. The Labute approximate surface area is 202 Å². The van der Waals surface area contributed by atoms with Gasteiger partial charge >= 0.3 is 0 Å². The molecule has 2 aliphatic heterocycles. The van der Waals surface area contributed by atoms with Crippen molar-refractivity contribution in [3.8, 4) is 11.8 Å². The summed E-state index contributed by atoms with van der Waals surface area (Å²) >= 11 is 0. The van der Waals surface area contributed by atoms with Crippen LogP contribution in [0.25, 0.3) is 0 Å². The molecule has 2 aromatic rings. The molecule has 0 aromatic heterocycles. The Balaban J connectivity index is 1.26. The lowest BCUT2D eigenvalue weighted by atomic mass is 10.0. The van der Waals surface area contributed by atoms with Crippen LogP contribution in [-0.2, 0) is 20.9 Å². The van der Waals surface area contributed by atoms with Crippen molar-refractivity contribution in [2.45, 2.75) is 38.3 Å². The third kappa shape index (κ3) is 5.55. The normalized spacial score (nSPS) is 16.6. The molecule has 35 heavy (non-hydrogen) atoms. The fourth-order valence-corrected chi connectivity index (χ4v) is 4.06. The summed E-state index contributed by atoms with van der Waals surface area (Å²) in [5.41, 5.74) is 3.19. The zero-order chi connectivity index (χ0) is 24.8. The number of rotatable bonds is 7. The first-order valence-corrected chi connectivity index (χ1v) is 11.3. The van der Waals surface area contributed by atoms with E-state index in [9.17, 15) is 24.0 Å². The average Bonchev–Trinajstić information content (AvgIpc) is 3.17. The van der Waals surface area contributed by atoms with Gasteiger partial charge in [0.05, 0.1) is 0 Å². The van der Waals surface area contributed by atoms with Crippen LogP contribution in [0.3, 0.4) is 0 Å². The molecule has 0 radical (unpaired) electrons. The highest BCUT2D eigenvalue weighted by Gasteiger charge is 2.39. The molecule has 0 spiro atoms. The van der Waals surface area contributed by atoms with Gasteiger partial charge in [-0.2, -0.15) is 0 Å². The summed E-state index contributed by atoms with van der Waals surface area (Å²) in [7, 11) is 0.